The molecule has 0 radical (unpaired) electrons. The summed E-state index contributed by atoms with van der Waals surface area (Å²) in [6, 6.07) is 2.90. The van der Waals surface area contributed by atoms with Crippen molar-refractivity contribution in [3.05, 3.63) is 24.1 Å². The molecule has 4 heteroatoms. The second-order valence-electron chi connectivity index (χ2n) is 4.12. The Kier molecular flexibility index (Phi) is 2.86. The first kappa shape index (κ1) is 10.4. The van der Waals surface area contributed by atoms with E-state index in [4.69, 9.17) is 0 Å². The van der Waals surface area contributed by atoms with Gasteiger partial charge in [0.05, 0.1) is 5.60 Å². The van der Waals surface area contributed by atoms with E-state index in [2.05, 4.69) is 10.3 Å². The van der Waals surface area contributed by atoms with Crippen molar-refractivity contribution >= 4 is 5.82 Å². The zero-order valence-corrected chi connectivity index (χ0v) is 8.54. The minimum atomic E-state index is -0.677. The fraction of sp³-hybridized carbons (Fsp3) is 0.545. The molecule has 2 N–H and O–H groups in total. The molecule has 82 valence electrons. The Balaban J connectivity index is 1.95. The maximum Gasteiger partial charge on any atom is 0.165 e. The van der Waals surface area contributed by atoms with Gasteiger partial charge >= 0.3 is 0 Å². The zero-order valence-electron chi connectivity index (χ0n) is 8.54. The van der Waals surface area contributed by atoms with Gasteiger partial charge < -0.3 is 10.4 Å². The highest BCUT2D eigenvalue weighted by molar-refractivity contribution is 5.35. The van der Waals surface area contributed by atoms with Crippen LogP contribution < -0.4 is 5.32 Å². The van der Waals surface area contributed by atoms with Crippen LogP contribution in [0.15, 0.2) is 18.3 Å². The van der Waals surface area contributed by atoms with Crippen LogP contribution in [0.3, 0.4) is 0 Å². The standard InChI is InChI=1S/C11H15FN2O/c12-9-4-3-7-13-10(9)14-8-11(15)5-1-2-6-11/h3-4,7,15H,1-2,5-6,8H2,(H,13,14). The van der Waals surface area contributed by atoms with E-state index in [-0.39, 0.29) is 11.6 Å². The summed E-state index contributed by atoms with van der Waals surface area (Å²) in [5.74, 6) is -0.156. The van der Waals surface area contributed by atoms with E-state index < -0.39 is 5.60 Å². The molecule has 15 heavy (non-hydrogen) atoms. The molecule has 1 aliphatic carbocycles. The van der Waals surface area contributed by atoms with Crippen molar-refractivity contribution in [1.82, 2.24) is 4.98 Å². The molecule has 0 saturated heterocycles. The highest BCUT2D eigenvalue weighted by atomic mass is 19.1. The summed E-state index contributed by atoms with van der Waals surface area (Å²) in [5, 5.41) is 12.9. The van der Waals surface area contributed by atoms with E-state index >= 15 is 0 Å². The van der Waals surface area contributed by atoms with Crippen molar-refractivity contribution in [2.75, 3.05) is 11.9 Å². The predicted molar refractivity (Wildman–Crippen MR) is 56.1 cm³/mol. The summed E-state index contributed by atoms with van der Waals surface area (Å²) in [6.45, 7) is 0.376. The van der Waals surface area contributed by atoms with Crippen LogP contribution in [0.1, 0.15) is 25.7 Å². The molecule has 0 aliphatic heterocycles. The third-order valence-corrected chi connectivity index (χ3v) is 2.88. The lowest BCUT2D eigenvalue weighted by Crippen LogP contribution is -2.33. The third-order valence-electron chi connectivity index (χ3n) is 2.88. The van der Waals surface area contributed by atoms with Crippen molar-refractivity contribution in [1.29, 1.82) is 0 Å². The van der Waals surface area contributed by atoms with Crippen molar-refractivity contribution in [3.8, 4) is 0 Å². The number of nitrogens with zero attached hydrogens (tertiary/aromatic N) is 1. The lowest BCUT2D eigenvalue weighted by molar-refractivity contribution is 0.0613. The molecule has 1 fully saturated rings. The minimum absolute atomic E-state index is 0.220. The SMILES string of the molecule is OC1(CNc2ncccc2F)CCCC1. The van der Waals surface area contributed by atoms with E-state index in [0.29, 0.717) is 6.54 Å². The monoisotopic (exact) mass is 210 g/mol. The first-order chi connectivity index (χ1) is 7.20. The van der Waals surface area contributed by atoms with Gasteiger partial charge in [0.2, 0.25) is 0 Å². The van der Waals surface area contributed by atoms with Gasteiger partial charge in [-0.15, -0.1) is 0 Å². The van der Waals surface area contributed by atoms with Crippen LogP contribution in [0.4, 0.5) is 10.2 Å². The van der Waals surface area contributed by atoms with Gasteiger partial charge in [0.15, 0.2) is 11.6 Å². The molecule has 0 amide bonds. The second-order valence-corrected chi connectivity index (χ2v) is 4.12. The number of halogens is 1. The fourth-order valence-corrected chi connectivity index (χ4v) is 1.97. The smallest absolute Gasteiger partial charge is 0.165 e. The number of rotatable bonds is 3. The number of aromatic nitrogens is 1. The molecule has 0 atom stereocenters. The number of pyridine rings is 1. The Hall–Kier alpha value is -1.16. The predicted octanol–water partition coefficient (Wildman–Crippen LogP) is 1.94. The lowest BCUT2D eigenvalue weighted by atomic mass is 10.0. The van der Waals surface area contributed by atoms with Gasteiger partial charge in [0.1, 0.15) is 0 Å². The van der Waals surface area contributed by atoms with Crippen LogP contribution in [0.2, 0.25) is 0 Å². The Morgan fingerprint density at radius 1 is 1.47 bits per heavy atom. The van der Waals surface area contributed by atoms with Gasteiger partial charge in [-0.1, -0.05) is 12.8 Å². The highest BCUT2D eigenvalue weighted by Crippen LogP contribution is 2.29. The van der Waals surface area contributed by atoms with Crippen molar-refractivity contribution in [3.63, 3.8) is 0 Å². The van der Waals surface area contributed by atoms with Crippen molar-refractivity contribution in [2.45, 2.75) is 31.3 Å². The van der Waals surface area contributed by atoms with Crippen molar-refractivity contribution in [2.24, 2.45) is 0 Å². The molecular weight excluding hydrogens is 195 g/mol. The largest absolute Gasteiger partial charge is 0.388 e. The summed E-state index contributed by atoms with van der Waals surface area (Å²) in [5.41, 5.74) is -0.677. The average Bonchev–Trinajstić information content (AvgIpc) is 2.65. The Bertz CT molecular complexity index is 337. The quantitative estimate of drug-likeness (QED) is 0.801. The Morgan fingerprint density at radius 2 is 2.20 bits per heavy atom. The van der Waals surface area contributed by atoms with Gasteiger partial charge in [0.25, 0.3) is 0 Å². The number of hydrogen-bond donors (Lipinski definition) is 2. The van der Waals surface area contributed by atoms with Gasteiger partial charge in [-0.2, -0.15) is 0 Å². The van der Waals surface area contributed by atoms with E-state index in [1.807, 2.05) is 0 Å². The Labute approximate surface area is 88.3 Å². The third kappa shape index (κ3) is 2.45. The minimum Gasteiger partial charge on any atom is -0.388 e. The average molecular weight is 210 g/mol. The maximum atomic E-state index is 13.2. The fourth-order valence-electron chi connectivity index (χ4n) is 1.97. The molecule has 0 bridgehead atoms. The van der Waals surface area contributed by atoms with Gasteiger partial charge in [-0.3, -0.25) is 0 Å². The molecule has 1 aliphatic rings. The van der Waals surface area contributed by atoms with Crippen molar-refractivity contribution < 1.29 is 9.50 Å². The number of nitrogens with one attached hydrogen (secondary N) is 1. The van der Waals surface area contributed by atoms with E-state index in [1.165, 1.54) is 12.3 Å². The first-order valence-corrected chi connectivity index (χ1v) is 5.26. The molecule has 2 rings (SSSR count). The molecule has 3 nitrogen and oxygen atoms in total. The van der Waals surface area contributed by atoms with Crippen LogP contribution in [0, 0.1) is 5.82 Å². The molecule has 0 unspecified atom stereocenters. The van der Waals surface area contributed by atoms with Gasteiger partial charge in [-0.25, -0.2) is 9.37 Å². The molecule has 1 saturated carbocycles. The summed E-state index contributed by atoms with van der Waals surface area (Å²) in [7, 11) is 0. The van der Waals surface area contributed by atoms with Crippen LogP contribution in [0.25, 0.3) is 0 Å². The molecule has 1 aromatic rings. The Morgan fingerprint density at radius 3 is 2.87 bits per heavy atom. The zero-order chi connectivity index (χ0) is 10.7. The number of hydrogen-bond acceptors (Lipinski definition) is 3. The number of aliphatic hydroxyl groups is 1. The summed E-state index contributed by atoms with van der Waals surface area (Å²) in [6.07, 6.45) is 5.19. The second kappa shape index (κ2) is 4.14. The van der Waals surface area contributed by atoms with E-state index in [0.717, 1.165) is 25.7 Å². The van der Waals surface area contributed by atoms with Crippen LogP contribution in [0.5, 0.6) is 0 Å². The topological polar surface area (TPSA) is 45.1 Å². The van der Waals surface area contributed by atoms with Gasteiger partial charge in [0, 0.05) is 12.7 Å². The van der Waals surface area contributed by atoms with Crippen LogP contribution >= 0.6 is 0 Å². The summed E-state index contributed by atoms with van der Waals surface area (Å²) >= 11 is 0. The van der Waals surface area contributed by atoms with E-state index in [1.54, 1.807) is 6.07 Å². The maximum absolute atomic E-state index is 13.2. The van der Waals surface area contributed by atoms with Gasteiger partial charge in [-0.05, 0) is 25.0 Å². The molecule has 1 aromatic heterocycles. The molecule has 0 spiro atoms. The van der Waals surface area contributed by atoms with E-state index in [9.17, 15) is 9.50 Å². The normalized spacial score (nSPS) is 19.1. The first-order valence-electron chi connectivity index (χ1n) is 5.26. The van der Waals surface area contributed by atoms with Crippen LogP contribution in [-0.2, 0) is 0 Å². The molecule has 1 heterocycles. The summed E-state index contributed by atoms with van der Waals surface area (Å²) in [4.78, 5) is 3.87. The van der Waals surface area contributed by atoms with Crippen LogP contribution in [-0.4, -0.2) is 22.2 Å². The number of anilines is 1. The highest BCUT2D eigenvalue weighted by Gasteiger charge is 2.30. The molecular formula is C11H15FN2O. The molecule has 0 aromatic carbocycles. The summed E-state index contributed by atoms with van der Waals surface area (Å²) < 4.78 is 13.2. The lowest BCUT2D eigenvalue weighted by Gasteiger charge is -2.22.